The smallest absolute Gasteiger partial charge is 0.255 e. The maximum atomic E-state index is 13.0. The molecule has 0 radical (unpaired) electrons. The van der Waals surface area contributed by atoms with Gasteiger partial charge in [-0.05, 0) is 32.4 Å². The van der Waals surface area contributed by atoms with Crippen LogP contribution in [0.25, 0.3) is 0 Å². The SMILES string of the molecule is CC(C(=O)N1CCCC(c2nc3c(c(=O)[nH]2)CN(C)CC3)C1)c1ccccc1. The first kappa shape index (κ1) is 18.9. The van der Waals surface area contributed by atoms with Crippen LogP contribution in [0, 0.1) is 0 Å². The van der Waals surface area contributed by atoms with E-state index in [0.717, 1.165) is 55.0 Å². The standard InChI is InChI=1S/C22H28N4O2/c1-15(16-7-4-3-5-8-16)22(28)26-11-6-9-17(13-26)20-23-19-10-12-25(2)14-18(19)21(27)24-20/h3-5,7-8,15,17H,6,9-14H2,1-2H3,(H,23,24,27). The highest BCUT2D eigenvalue weighted by atomic mass is 16.2. The Bertz CT molecular complexity index is 908. The van der Waals surface area contributed by atoms with E-state index in [0.29, 0.717) is 13.1 Å². The van der Waals surface area contributed by atoms with Gasteiger partial charge in [-0.2, -0.15) is 0 Å². The number of benzene rings is 1. The summed E-state index contributed by atoms with van der Waals surface area (Å²) in [7, 11) is 2.02. The lowest BCUT2D eigenvalue weighted by molar-refractivity contribution is -0.133. The largest absolute Gasteiger partial charge is 0.341 e. The third-order valence-corrected chi connectivity index (χ3v) is 6.07. The second-order valence-electron chi connectivity index (χ2n) is 8.12. The minimum Gasteiger partial charge on any atom is -0.341 e. The number of rotatable bonds is 3. The molecule has 1 amide bonds. The van der Waals surface area contributed by atoms with Crippen LogP contribution in [0.5, 0.6) is 0 Å². The molecular formula is C22H28N4O2. The number of hydrogen-bond acceptors (Lipinski definition) is 4. The van der Waals surface area contributed by atoms with Gasteiger partial charge in [0.2, 0.25) is 5.91 Å². The van der Waals surface area contributed by atoms with Gasteiger partial charge in [0.15, 0.2) is 0 Å². The average molecular weight is 380 g/mol. The van der Waals surface area contributed by atoms with Crippen LogP contribution in [0.3, 0.4) is 0 Å². The second kappa shape index (κ2) is 7.87. The van der Waals surface area contributed by atoms with Gasteiger partial charge in [-0.15, -0.1) is 0 Å². The summed E-state index contributed by atoms with van der Waals surface area (Å²) in [6.45, 7) is 4.94. The van der Waals surface area contributed by atoms with Crippen LogP contribution in [0.15, 0.2) is 35.1 Å². The molecule has 6 heteroatoms. The van der Waals surface area contributed by atoms with E-state index in [1.807, 2.05) is 49.2 Å². The van der Waals surface area contributed by atoms with Gasteiger partial charge in [-0.3, -0.25) is 9.59 Å². The average Bonchev–Trinajstić information content (AvgIpc) is 2.74. The highest BCUT2D eigenvalue weighted by Crippen LogP contribution is 2.28. The lowest BCUT2D eigenvalue weighted by atomic mass is 9.93. The van der Waals surface area contributed by atoms with Crippen molar-refractivity contribution in [2.75, 3.05) is 26.7 Å². The third-order valence-electron chi connectivity index (χ3n) is 6.07. The Labute approximate surface area is 165 Å². The maximum Gasteiger partial charge on any atom is 0.255 e. The monoisotopic (exact) mass is 380 g/mol. The van der Waals surface area contributed by atoms with Crippen molar-refractivity contribution < 1.29 is 4.79 Å². The molecule has 2 aromatic rings. The summed E-state index contributed by atoms with van der Waals surface area (Å²) in [5, 5.41) is 0. The van der Waals surface area contributed by atoms with Crippen LogP contribution in [-0.4, -0.2) is 52.4 Å². The summed E-state index contributed by atoms with van der Waals surface area (Å²) in [5.41, 5.74) is 2.74. The van der Waals surface area contributed by atoms with E-state index in [4.69, 9.17) is 4.98 Å². The quantitative estimate of drug-likeness (QED) is 0.887. The van der Waals surface area contributed by atoms with E-state index in [9.17, 15) is 9.59 Å². The fourth-order valence-corrected chi connectivity index (χ4v) is 4.33. The number of likely N-dealkylation sites (N-methyl/N-ethyl adjacent to an activating group) is 1. The first-order valence-electron chi connectivity index (χ1n) is 10.2. The summed E-state index contributed by atoms with van der Waals surface area (Å²) in [6.07, 6.45) is 2.69. The lowest BCUT2D eigenvalue weighted by Crippen LogP contribution is -2.42. The number of aromatic nitrogens is 2. The number of H-pyrrole nitrogens is 1. The fourth-order valence-electron chi connectivity index (χ4n) is 4.33. The van der Waals surface area contributed by atoms with Crippen molar-refractivity contribution >= 4 is 5.91 Å². The van der Waals surface area contributed by atoms with Crippen LogP contribution in [0.2, 0.25) is 0 Å². The highest BCUT2D eigenvalue weighted by molar-refractivity contribution is 5.83. The number of hydrogen-bond donors (Lipinski definition) is 1. The lowest BCUT2D eigenvalue weighted by Gasteiger charge is -2.34. The first-order chi connectivity index (χ1) is 13.5. The van der Waals surface area contributed by atoms with Crippen molar-refractivity contribution in [1.82, 2.24) is 19.8 Å². The number of piperidine rings is 1. The molecule has 2 unspecified atom stereocenters. The van der Waals surface area contributed by atoms with E-state index in [1.165, 1.54) is 0 Å². The first-order valence-corrected chi connectivity index (χ1v) is 10.2. The Morgan fingerprint density at radius 3 is 2.82 bits per heavy atom. The van der Waals surface area contributed by atoms with Crippen molar-refractivity contribution in [1.29, 1.82) is 0 Å². The summed E-state index contributed by atoms with van der Waals surface area (Å²) in [6, 6.07) is 9.91. The number of aromatic amines is 1. The molecule has 4 rings (SSSR count). The van der Waals surface area contributed by atoms with E-state index in [1.54, 1.807) is 0 Å². The van der Waals surface area contributed by atoms with Gasteiger partial charge in [0, 0.05) is 38.5 Å². The Morgan fingerprint density at radius 2 is 2.04 bits per heavy atom. The van der Waals surface area contributed by atoms with Crippen LogP contribution >= 0.6 is 0 Å². The molecule has 2 atom stereocenters. The van der Waals surface area contributed by atoms with Crippen molar-refractivity contribution in [3.8, 4) is 0 Å². The molecule has 0 aliphatic carbocycles. The maximum absolute atomic E-state index is 13.0. The van der Waals surface area contributed by atoms with Crippen molar-refractivity contribution in [2.45, 2.75) is 44.6 Å². The molecule has 28 heavy (non-hydrogen) atoms. The van der Waals surface area contributed by atoms with Crippen LogP contribution in [0.1, 0.15) is 54.2 Å². The number of likely N-dealkylation sites (tertiary alicyclic amines) is 1. The van der Waals surface area contributed by atoms with Gasteiger partial charge in [0.05, 0.1) is 17.2 Å². The number of carbonyl (C=O) groups excluding carboxylic acids is 1. The van der Waals surface area contributed by atoms with Crippen molar-refractivity contribution in [2.24, 2.45) is 0 Å². The van der Waals surface area contributed by atoms with E-state index in [2.05, 4.69) is 9.88 Å². The Hall–Kier alpha value is -2.47. The minimum absolute atomic E-state index is 0.0207. The zero-order valence-corrected chi connectivity index (χ0v) is 16.6. The summed E-state index contributed by atoms with van der Waals surface area (Å²) in [5.74, 6) is 0.834. The Kier molecular flexibility index (Phi) is 5.31. The van der Waals surface area contributed by atoms with Gasteiger partial charge in [0.1, 0.15) is 5.82 Å². The Balaban J connectivity index is 1.52. The zero-order valence-electron chi connectivity index (χ0n) is 16.6. The molecular weight excluding hydrogens is 352 g/mol. The van der Waals surface area contributed by atoms with Gasteiger partial charge in [-0.25, -0.2) is 4.98 Å². The van der Waals surface area contributed by atoms with E-state index < -0.39 is 0 Å². The molecule has 1 fully saturated rings. The Morgan fingerprint density at radius 1 is 1.25 bits per heavy atom. The van der Waals surface area contributed by atoms with Gasteiger partial charge in [0.25, 0.3) is 5.56 Å². The molecule has 148 valence electrons. The number of amides is 1. The molecule has 0 bridgehead atoms. The van der Waals surface area contributed by atoms with Crippen LogP contribution < -0.4 is 5.56 Å². The van der Waals surface area contributed by atoms with Gasteiger partial charge in [-0.1, -0.05) is 30.3 Å². The van der Waals surface area contributed by atoms with E-state index in [-0.39, 0.29) is 23.3 Å². The molecule has 2 aliphatic heterocycles. The van der Waals surface area contributed by atoms with E-state index >= 15 is 0 Å². The molecule has 0 spiro atoms. The summed E-state index contributed by atoms with van der Waals surface area (Å²) < 4.78 is 0. The number of nitrogens with one attached hydrogen (secondary N) is 1. The number of fused-ring (bicyclic) bond motifs is 1. The van der Waals surface area contributed by atoms with Crippen molar-refractivity contribution in [3.05, 3.63) is 63.3 Å². The molecule has 1 saturated heterocycles. The third kappa shape index (κ3) is 3.74. The predicted molar refractivity (Wildman–Crippen MR) is 108 cm³/mol. The molecule has 1 aromatic carbocycles. The second-order valence-corrected chi connectivity index (χ2v) is 8.12. The molecule has 1 aromatic heterocycles. The number of carbonyl (C=O) groups is 1. The normalized spacial score (nSPS) is 21.2. The molecule has 3 heterocycles. The van der Waals surface area contributed by atoms with Crippen LogP contribution in [-0.2, 0) is 17.8 Å². The zero-order chi connectivity index (χ0) is 19.7. The molecule has 0 saturated carbocycles. The summed E-state index contributed by atoms with van der Waals surface area (Å²) in [4.78, 5) is 37.5. The molecule has 6 nitrogen and oxygen atoms in total. The molecule has 2 aliphatic rings. The van der Waals surface area contributed by atoms with Crippen LogP contribution in [0.4, 0.5) is 0 Å². The van der Waals surface area contributed by atoms with Gasteiger partial charge >= 0.3 is 0 Å². The minimum atomic E-state index is -0.161. The highest BCUT2D eigenvalue weighted by Gasteiger charge is 2.30. The number of nitrogens with zero attached hydrogens (tertiary/aromatic N) is 3. The fraction of sp³-hybridized carbons (Fsp3) is 0.500. The predicted octanol–water partition coefficient (Wildman–Crippen LogP) is 2.27. The topological polar surface area (TPSA) is 69.3 Å². The summed E-state index contributed by atoms with van der Waals surface area (Å²) >= 11 is 0. The van der Waals surface area contributed by atoms with Crippen molar-refractivity contribution in [3.63, 3.8) is 0 Å². The van der Waals surface area contributed by atoms with Gasteiger partial charge < -0.3 is 14.8 Å². The molecule has 1 N–H and O–H groups in total.